The van der Waals surface area contributed by atoms with Gasteiger partial charge in [-0.05, 0) is 46.2 Å². The van der Waals surface area contributed by atoms with Crippen molar-refractivity contribution in [1.29, 1.82) is 0 Å². The maximum absolute atomic E-state index is 12.9. The molecule has 0 aromatic carbocycles. The number of hydrogen-bond donors (Lipinski definition) is 0. The average Bonchev–Trinajstić information content (AvgIpc) is 2.81. The molecule has 2 aliphatic rings. The molecular weight excluding hydrogens is 342 g/mol. The number of aromatic nitrogens is 2. The van der Waals surface area contributed by atoms with Gasteiger partial charge in [0.2, 0.25) is 11.8 Å². The third-order valence-electron chi connectivity index (χ3n) is 6.78. The number of piperazine rings is 1. The van der Waals surface area contributed by atoms with Crippen LogP contribution in [0.5, 0.6) is 0 Å². The number of carbonyl (C=O) groups excluding carboxylic acids is 2. The number of hydrogen-bond acceptors (Lipinski definition) is 4. The van der Waals surface area contributed by atoms with E-state index >= 15 is 0 Å². The van der Waals surface area contributed by atoms with Crippen LogP contribution in [0.2, 0.25) is 0 Å². The first-order chi connectivity index (χ1) is 12.7. The number of aryl methyl sites for hydroxylation is 2. The molecule has 0 aliphatic carbocycles. The quantitative estimate of drug-likeness (QED) is 0.800. The van der Waals surface area contributed by atoms with E-state index in [2.05, 4.69) is 30.9 Å². The first-order valence-electron chi connectivity index (χ1n) is 9.97. The van der Waals surface area contributed by atoms with E-state index in [-0.39, 0.29) is 17.4 Å². The van der Waals surface area contributed by atoms with Crippen molar-refractivity contribution < 1.29 is 9.59 Å². The van der Waals surface area contributed by atoms with Gasteiger partial charge in [0.1, 0.15) is 0 Å². The van der Waals surface area contributed by atoms with Crippen LogP contribution in [0.1, 0.15) is 42.6 Å². The molecule has 2 fully saturated rings. The van der Waals surface area contributed by atoms with E-state index in [1.165, 1.54) is 5.56 Å². The van der Waals surface area contributed by atoms with Gasteiger partial charge < -0.3 is 9.80 Å². The summed E-state index contributed by atoms with van der Waals surface area (Å²) in [5.74, 6) is 0.403. The van der Waals surface area contributed by atoms with Gasteiger partial charge in [0, 0.05) is 63.8 Å². The lowest BCUT2D eigenvalue weighted by Crippen LogP contribution is -2.62. The van der Waals surface area contributed by atoms with Crippen LogP contribution >= 0.6 is 0 Å². The highest BCUT2D eigenvalue weighted by Crippen LogP contribution is 2.32. The predicted molar refractivity (Wildman–Crippen MR) is 104 cm³/mol. The smallest absolute Gasteiger partial charge is 0.224 e. The minimum Gasteiger partial charge on any atom is -0.346 e. The summed E-state index contributed by atoms with van der Waals surface area (Å²) < 4.78 is 1.95. The molecule has 3 heterocycles. The Morgan fingerprint density at radius 3 is 2.52 bits per heavy atom. The summed E-state index contributed by atoms with van der Waals surface area (Å²) in [7, 11) is 4.01. The molecule has 1 aromatic rings. The van der Waals surface area contributed by atoms with Gasteiger partial charge >= 0.3 is 0 Å². The van der Waals surface area contributed by atoms with Gasteiger partial charge in [0.15, 0.2) is 0 Å². The molecule has 1 spiro atoms. The molecule has 0 saturated carbocycles. The summed E-state index contributed by atoms with van der Waals surface area (Å²) in [6.07, 6.45) is 2.78. The van der Waals surface area contributed by atoms with Crippen molar-refractivity contribution in [2.24, 2.45) is 0 Å². The molecule has 2 aliphatic heterocycles. The molecule has 1 aromatic heterocycles. The van der Waals surface area contributed by atoms with Crippen molar-refractivity contribution in [2.45, 2.75) is 58.5 Å². The van der Waals surface area contributed by atoms with E-state index in [1.54, 1.807) is 0 Å². The summed E-state index contributed by atoms with van der Waals surface area (Å²) in [4.78, 5) is 31.2. The van der Waals surface area contributed by atoms with Gasteiger partial charge in [-0.2, -0.15) is 5.10 Å². The molecule has 3 rings (SSSR count). The number of rotatable bonds is 3. The van der Waals surface area contributed by atoms with E-state index in [1.807, 2.05) is 28.5 Å². The van der Waals surface area contributed by atoms with Crippen molar-refractivity contribution >= 4 is 11.8 Å². The zero-order valence-electron chi connectivity index (χ0n) is 17.4. The largest absolute Gasteiger partial charge is 0.346 e. The molecule has 7 heteroatoms. The molecule has 0 bridgehead atoms. The highest BCUT2D eigenvalue weighted by atomic mass is 16.2. The van der Waals surface area contributed by atoms with Gasteiger partial charge in [0.05, 0.1) is 5.69 Å². The summed E-state index contributed by atoms with van der Waals surface area (Å²) in [5, 5.41) is 4.55. The van der Waals surface area contributed by atoms with E-state index in [4.69, 9.17) is 0 Å². The standard InChI is InChI=1S/C20H33N5O2/c1-15-16(2)21-25(17(15)3)10-7-19(27)24-13-12-23(5)20(14-24)8-6-18(26)22(4)11-9-20/h6-14H2,1-5H3. The lowest BCUT2D eigenvalue weighted by molar-refractivity contribution is -0.137. The van der Waals surface area contributed by atoms with Crippen LogP contribution in [-0.4, -0.2) is 82.1 Å². The monoisotopic (exact) mass is 375 g/mol. The van der Waals surface area contributed by atoms with Crippen molar-refractivity contribution in [3.63, 3.8) is 0 Å². The zero-order chi connectivity index (χ0) is 19.8. The van der Waals surface area contributed by atoms with Crippen LogP contribution < -0.4 is 0 Å². The number of carbonyl (C=O) groups is 2. The first-order valence-corrected chi connectivity index (χ1v) is 9.97. The SMILES string of the molecule is Cc1nn(CCC(=O)N2CCN(C)C3(CCC(=O)N(C)CC3)C2)c(C)c1C. The Balaban J connectivity index is 1.65. The average molecular weight is 376 g/mol. The molecule has 0 N–H and O–H groups in total. The maximum Gasteiger partial charge on any atom is 0.224 e. The Kier molecular flexibility index (Phi) is 5.60. The van der Waals surface area contributed by atoms with Crippen LogP contribution in [0.4, 0.5) is 0 Å². The van der Waals surface area contributed by atoms with E-state index in [0.717, 1.165) is 50.4 Å². The highest BCUT2D eigenvalue weighted by Gasteiger charge is 2.42. The Hall–Kier alpha value is -1.89. The minimum absolute atomic E-state index is 0.0802. The maximum atomic E-state index is 12.9. The third kappa shape index (κ3) is 3.88. The summed E-state index contributed by atoms with van der Waals surface area (Å²) >= 11 is 0. The van der Waals surface area contributed by atoms with Gasteiger partial charge in [-0.25, -0.2) is 0 Å². The number of amides is 2. The fraction of sp³-hybridized carbons (Fsp3) is 0.750. The molecule has 2 saturated heterocycles. The van der Waals surface area contributed by atoms with E-state index < -0.39 is 0 Å². The Labute approximate surface area is 162 Å². The second-order valence-electron chi connectivity index (χ2n) is 8.30. The third-order valence-corrected chi connectivity index (χ3v) is 6.78. The van der Waals surface area contributed by atoms with Crippen molar-refractivity contribution in [1.82, 2.24) is 24.5 Å². The van der Waals surface area contributed by atoms with Crippen molar-refractivity contribution in [3.05, 3.63) is 17.0 Å². The van der Waals surface area contributed by atoms with Gasteiger partial charge in [-0.15, -0.1) is 0 Å². The lowest BCUT2D eigenvalue weighted by atomic mass is 9.86. The number of nitrogens with zero attached hydrogens (tertiary/aromatic N) is 5. The Morgan fingerprint density at radius 1 is 1.11 bits per heavy atom. The van der Waals surface area contributed by atoms with Crippen molar-refractivity contribution in [3.8, 4) is 0 Å². The Bertz CT molecular complexity index is 728. The number of likely N-dealkylation sites (N-methyl/N-ethyl adjacent to an activating group) is 1. The van der Waals surface area contributed by atoms with Crippen LogP contribution in [0.15, 0.2) is 0 Å². The van der Waals surface area contributed by atoms with Crippen LogP contribution in [0, 0.1) is 20.8 Å². The molecule has 7 nitrogen and oxygen atoms in total. The predicted octanol–water partition coefficient (Wildman–Crippen LogP) is 1.35. The number of likely N-dealkylation sites (tertiary alicyclic amines) is 1. The van der Waals surface area contributed by atoms with Gasteiger partial charge in [0.25, 0.3) is 0 Å². The summed E-state index contributed by atoms with van der Waals surface area (Å²) in [6.45, 7) is 9.87. The van der Waals surface area contributed by atoms with Crippen LogP contribution in [0.3, 0.4) is 0 Å². The van der Waals surface area contributed by atoms with Crippen LogP contribution in [0.25, 0.3) is 0 Å². The lowest BCUT2D eigenvalue weighted by Gasteiger charge is -2.49. The van der Waals surface area contributed by atoms with E-state index in [0.29, 0.717) is 19.4 Å². The highest BCUT2D eigenvalue weighted by molar-refractivity contribution is 5.77. The second-order valence-corrected chi connectivity index (χ2v) is 8.30. The van der Waals surface area contributed by atoms with Gasteiger partial charge in [-0.1, -0.05) is 0 Å². The fourth-order valence-corrected chi connectivity index (χ4v) is 4.34. The molecule has 1 atom stereocenters. The first kappa shape index (κ1) is 19.9. The zero-order valence-corrected chi connectivity index (χ0v) is 17.4. The Morgan fingerprint density at radius 2 is 1.85 bits per heavy atom. The molecule has 2 amide bonds. The topological polar surface area (TPSA) is 61.7 Å². The second kappa shape index (κ2) is 7.62. The molecule has 0 radical (unpaired) electrons. The van der Waals surface area contributed by atoms with E-state index in [9.17, 15) is 9.59 Å². The van der Waals surface area contributed by atoms with Gasteiger partial charge in [-0.3, -0.25) is 19.2 Å². The molecular formula is C20H33N5O2. The molecule has 1 unspecified atom stereocenters. The fourth-order valence-electron chi connectivity index (χ4n) is 4.34. The minimum atomic E-state index is -0.0802. The molecule has 150 valence electrons. The molecule has 27 heavy (non-hydrogen) atoms. The summed E-state index contributed by atoms with van der Waals surface area (Å²) in [6, 6.07) is 0. The normalized spacial score (nSPS) is 24.6. The van der Waals surface area contributed by atoms with Crippen molar-refractivity contribution in [2.75, 3.05) is 40.3 Å². The summed E-state index contributed by atoms with van der Waals surface area (Å²) in [5.41, 5.74) is 3.29. The van der Waals surface area contributed by atoms with Crippen LogP contribution in [-0.2, 0) is 16.1 Å².